The molecule has 6 heteroatoms. The van der Waals surface area contributed by atoms with E-state index >= 15 is 0 Å². The van der Waals surface area contributed by atoms with Crippen LogP contribution in [0.2, 0.25) is 0 Å². The average molecular weight is 504 g/mol. The Morgan fingerprint density at radius 1 is 1.03 bits per heavy atom. The van der Waals surface area contributed by atoms with E-state index in [9.17, 15) is 19.4 Å². The van der Waals surface area contributed by atoms with Crippen LogP contribution in [0.5, 0.6) is 0 Å². The van der Waals surface area contributed by atoms with Crippen LogP contribution >= 0.6 is 0 Å². The van der Waals surface area contributed by atoms with Crippen molar-refractivity contribution in [3.05, 3.63) is 107 Å². The molecule has 0 aliphatic carbocycles. The van der Waals surface area contributed by atoms with Crippen molar-refractivity contribution in [3.63, 3.8) is 0 Å². The van der Waals surface area contributed by atoms with Crippen LogP contribution in [0.1, 0.15) is 42.5 Å². The molecule has 3 aromatic carbocycles. The highest BCUT2D eigenvalue weighted by Crippen LogP contribution is 2.30. The van der Waals surface area contributed by atoms with Crippen molar-refractivity contribution in [1.82, 2.24) is 0 Å². The van der Waals surface area contributed by atoms with E-state index in [0.29, 0.717) is 19.3 Å². The number of carbonyl (C=O) groups excluding carboxylic acids is 1. The number of nitrogens with one attached hydrogen (secondary N) is 1. The number of benzene rings is 3. The standard InChI is InChI=1S/C31H34FNO4/c1-21-18-28(35)31(36)29(37-21)19-23-10-12-24(13-11-23)30(33-27-16-14-26(32)15-17-27)25(20-34)9-5-8-22-6-3-2-4-7-22/h2-8,10-17,20-21,25,28-31,33,35-36H,9,18-19H2,1H3/b8-5+/t21-,25+,28+,29?,30-,31?/m1/s1. The number of halogens is 1. The molecule has 0 radical (unpaired) electrons. The van der Waals surface area contributed by atoms with Crippen LogP contribution < -0.4 is 5.32 Å². The molecule has 0 aromatic heterocycles. The molecule has 0 amide bonds. The molecular formula is C31H34FNO4. The lowest BCUT2D eigenvalue weighted by Gasteiger charge is -2.36. The van der Waals surface area contributed by atoms with Gasteiger partial charge in [0.15, 0.2) is 0 Å². The monoisotopic (exact) mass is 503 g/mol. The van der Waals surface area contributed by atoms with Gasteiger partial charge in [0.2, 0.25) is 0 Å². The molecule has 1 heterocycles. The van der Waals surface area contributed by atoms with E-state index in [-0.39, 0.29) is 23.9 Å². The molecule has 37 heavy (non-hydrogen) atoms. The van der Waals surface area contributed by atoms with Gasteiger partial charge in [-0.1, -0.05) is 66.7 Å². The summed E-state index contributed by atoms with van der Waals surface area (Å²) < 4.78 is 19.3. The molecule has 0 bridgehead atoms. The molecule has 3 aromatic rings. The number of rotatable bonds is 10. The van der Waals surface area contributed by atoms with E-state index < -0.39 is 18.3 Å². The summed E-state index contributed by atoms with van der Waals surface area (Å²) in [5.41, 5.74) is 3.65. The lowest BCUT2D eigenvalue weighted by Crippen LogP contribution is -2.48. The third-order valence-corrected chi connectivity index (χ3v) is 6.82. The summed E-state index contributed by atoms with van der Waals surface area (Å²) in [5, 5.41) is 23.9. The Morgan fingerprint density at radius 2 is 1.73 bits per heavy atom. The van der Waals surface area contributed by atoms with Gasteiger partial charge in [0, 0.05) is 24.4 Å². The Kier molecular flexibility index (Phi) is 9.23. The van der Waals surface area contributed by atoms with Gasteiger partial charge in [0.1, 0.15) is 18.2 Å². The minimum absolute atomic E-state index is 0.121. The van der Waals surface area contributed by atoms with Gasteiger partial charge >= 0.3 is 0 Å². The first-order valence-electron chi connectivity index (χ1n) is 12.7. The SMILES string of the molecule is C[C@@H]1C[C@H](O)C(O)C(Cc2ccc([C@@H](Nc3ccc(F)cc3)[C@H](C=O)C/C=C/c3ccccc3)cc2)O1. The molecular weight excluding hydrogens is 469 g/mol. The highest BCUT2D eigenvalue weighted by molar-refractivity contribution is 5.60. The summed E-state index contributed by atoms with van der Waals surface area (Å²) >= 11 is 0. The fourth-order valence-electron chi connectivity index (χ4n) is 4.78. The highest BCUT2D eigenvalue weighted by Gasteiger charge is 2.34. The molecule has 1 saturated heterocycles. The molecule has 1 aliphatic heterocycles. The van der Waals surface area contributed by atoms with Gasteiger partial charge in [0.25, 0.3) is 0 Å². The molecule has 5 nitrogen and oxygen atoms in total. The maximum absolute atomic E-state index is 13.5. The number of aliphatic hydroxyl groups excluding tert-OH is 2. The number of hydrogen-bond donors (Lipinski definition) is 3. The minimum atomic E-state index is -0.931. The summed E-state index contributed by atoms with van der Waals surface area (Å²) in [6.45, 7) is 1.89. The second kappa shape index (κ2) is 12.8. The van der Waals surface area contributed by atoms with E-state index in [1.807, 2.05) is 73.7 Å². The summed E-state index contributed by atoms with van der Waals surface area (Å²) in [6.07, 6.45) is 4.03. The quantitative estimate of drug-likeness (QED) is 0.326. The van der Waals surface area contributed by atoms with Crippen molar-refractivity contribution < 1.29 is 24.1 Å². The van der Waals surface area contributed by atoms with Crippen LogP contribution in [0, 0.1) is 11.7 Å². The molecule has 2 unspecified atom stereocenters. The Hall–Kier alpha value is -3.32. The van der Waals surface area contributed by atoms with Gasteiger partial charge < -0.3 is 25.1 Å². The smallest absolute Gasteiger partial charge is 0.125 e. The van der Waals surface area contributed by atoms with Gasteiger partial charge in [-0.05, 0) is 54.3 Å². The highest BCUT2D eigenvalue weighted by atomic mass is 19.1. The van der Waals surface area contributed by atoms with E-state index in [2.05, 4.69) is 5.32 Å². The second-order valence-corrected chi connectivity index (χ2v) is 9.70. The number of aldehydes is 1. The van der Waals surface area contributed by atoms with Crippen molar-refractivity contribution in [3.8, 4) is 0 Å². The fourth-order valence-corrected chi connectivity index (χ4v) is 4.78. The molecule has 1 aliphatic rings. The molecule has 0 spiro atoms. The normalized spacial score (nSPS) is 23.5. The van der Waals surface area contributed by atoms with Crippen molar-refractivity contribution in [2.24, 2.45) is 5.92 Å². The first-order valence-corrected chi connectivity index (χ1v) is 12.7. The van der Waals surface area contributed by atoms with Gasteiger partial charge in [-0.15, -0.1) is 0 Å². The Balaban J connectivity index is 1.52. The maximum Gasteiger partial charge on any atom is 0.125 e. The molecule has 0 saturated carbocycles. The first kappa shape index (κ1) is 26.7. The second-order valence-electron chi connectivity index (χ2n) is 9.70. The number of ether oxygens (including phenoxy) is 1. The van der Waals surface area contributed by atoms with E-state index in [1.165, 1.54) is 12.1 Å². The van der Waals surface area contributed by atoms with Gasteiger partial charge in [-0.25, -0.2) is 4.39 Å². The average Bonchev–Trinajstić information content (AvgIpc) is 2.91. The third-order valence-electron chi connectivity index (χ3n) is 6.82. The summed E-state index contributed by atoms with van der Waals surface area (Å²) in [4.78, 5) is 12.2. The van der Waals surface area contributed by atoms with Crippen molar-refractivity contribution in [2.75, 3.05) is 5.32 Å². The predicted molar refractivity (Wildman–Crippen MR) is 144 cm³/mol. The predicted octanol–water partition coefficient (Wildman–Crippen LogP) is 5.34. The number of hydrogen-bond acceptors (Lipinski definition) is 5. The van der Waals surface area contributed by atoms with E-state index in [1.54, 1.807) is 12.1 Å². The lowest BCUT2D eigenvalue weighted by atomic mass is 9.89. The zero-order chi connectivity index (χ0) is 26.2. The summed E-state index contributed by atoms with van der Waals surface area (Å²) in [6, 6.07) is 23.5. The number of carbonyl (C=O) groups is 1. The topological polar surface area (TPSA) is 78.8 Å². The van der Waals surface area contributed by atoms with Crippen LogP contribution in [0.25, 0.3) is 6.08 Å². The molecule has 3 N–H and O–H groups in total. The summed E-state index contributed by atoms with van der Waals surface area (Å²) in [7, 11) is 0. The van der Waals surface area contributed by atoms with E-state index in [0.717, 1.165) is 28.7 Å². The fraction of sp³-hybridized carbons (Fsp3) is 0.323. The Bertz CT molecular complexity index is 1150. The van der Waals surface area contributed by atoms with Gasteiger partial charge in [0.05, 0.1) is 24.4 Å². The summed E-state index contributed by atoms with van der Waals surface area (Å²) in [5.74, 6) is -0.689. The van der Waals surface area contributed by atoms with Crippen LogP contribution in [0.4, 0.5) is 10.1 Å². The maximum atomic E-state index is 13.5. The lowest BCUT2D eigenvalue weighted by molar-refractivity contribution is -0.162. The molecule has 1 fully saturated rings. The zero-order valence-electron chi connectivity index (χ0n) is 20.9. The largest absolute Gasteiger partial charge is 0.390 e. The van der Waals surface area contributed by atoms with Gasteiger partial charge in [-0.2, -0.15) is 0 Å². The van der Waals surface area contributed by atoms with Crippen LogP contribution in [0.15, 0.2) is 84.9 Å². The molecule has 194 valence electrons. The van der Waals surface area contributed by atoms with Crippen molar-refractivity contribution in [1.29, 1.82) is 0 Å². The van der Waals surface area contributed by atoms with Gasteiger partial charge in [-0.3, -0.25) is 0 Å². The van der Waals surface area contributed by atoms with E-state index in [4.69, 9.17) is 4.74 Å². The third kappa shape index (κ3) is 7.35. The number of aliphatic hydroxyl groups is 2. The van der Waals surface area contributed by atoms with Crippen LogP contribution in [-0.2, 0) is 16.0 Å². The molecule has 6 atom stereocenters. The van der Waals surface area contributed by atoms with Crippen molar-refractivity contribution in [2.45, 2.75) is 56.6 Å². The Morgan fingerprint density at radius 3 is 2.41 bits per heavy atom. The number of allylic oxidation sites excluding steroid dienone is 1. The van der Waals surface area contributed by atoms with Crippen LogP contribution in [0.3, 0.4) is 0 Å². The first-order chi connectivity index (χ1) is 17.9. The minimum Gasteiger partial charge on any atom is -0.390 e. The Labute approximate surface area is 217 Å². The molecule has 4 rings (SSSR count). The van der Waals surface area contributed by atoms with Crippen LogP contribution in [-0.4, -0.2) is 40.9 Å². The van der Waals surface area contributed by atoms with Crippen molar-refractivity contribution >= 4 is 18.0 Å². The number of anilines is 1. The zero-order valence-corrected chi connectivity index (χ0v) is 20.9.